The first-order valence-electron chi connectivity index (χ1n) is 5.24. The van der Waals surface area contributed by atoms with Crippen LogP contribution >= 0.6 is 22.7 Å². The van der Waals surface area contributed by atoms with Crippen molar-refractivity contribution in [2.24, 2.45) is 0 Å². The van der Waals surface area contributed by atoms with E-state index in [0.717, 1.165) is 25.6 Å². The molecule has 0 radical (unpaired) electrons. The predicted molar refractivity (Wildman–Crippen MR) is 73.8 cm³/mol. The Kier molecular flexibility index (Phi) is 2.99. The molecule has 1 N–H and O–H groups in total. The molecule has 5 nitrogen and oxygen atoms in total. The molecule has 0 fully saturated rings. The monoisotopic (exact) mass is 275 g/mol. The molecule has 0 unspecified atom stereocenters. The highest BCUT2D eigenvalue weighted by Gasteiger charge is 2.10. The van der Waals surface area contributed by atoms with Gasteiger partial charge < -0.3 is 5.32 Å². The van der Waals surface area contributed by atoms with E-state index >= 15 is 0 Å². The van der Waals surface area contributed by atoms with Gasteiger partial charge >= 0.3 is 0 Å². The van der Waals surface area contributed by atoms with E-state index in [1.807, 2.05) is 25.4 Å². The number of rotatable bonds is 3. The van der Waals surface area contributed by atoms with Crippen molar-refractivity contribution in [2.75, 3.05) is 12.4 Å². The Morgan fingerprint density at radius 1 is 1.06 bits per heavy atom. The molecule has 0 bridgehead atoms. The fraction of sp³-hybridized carbons (Fsp3) is 0.0909. The summed E-state index contributed by atoms with van der Waals surface area (Å²) in [6.45, 7) is 0. The lowest BCUT2D eigenvalue weighted by Crippen LogP contribution is -1.84. The summed E-state index contributed by atoms with van der Waals surface area (Å²) in [5.41, 5.74) is 1.07. The lowest BCUT2D eigenvalue weighted by molar-refractivity contribution is 1.09. The number of anilines is 1. The molecule has 3 rings (SSSR count). The molecular formula is C11H9N5S2. The van der Waals surface area contributed by atoms with Crippen molar-refractivity contribution < 1.29 is 0 Å². The second kappa shape index (κ2) is 4.79. The number of pyridine rings is 1. The van der Waals surface area contributed by atoms with Crippen molar-refractivity contribution in [3.63, 3.8) is 0 Å². The molecule has 3 aromatic heterocycles. The molecule has 0 spiro atoms. The van der Waals surface area contributed by atoms with E-state index in [0.29, 0.717) is 0 Å². The van der Waals surface area contributed by atoms with Crippen molar-refractivity contribution in [1.82, 2.24) is 20.2 Å². The minimum Gasteiger partial charge on any atom is -0.363 e. The third-order valence-corrected chi connectivity index (χ3v) is 4.44. The van der Waals surface area contributed by atoms with E-state index in [4.69, 9.17) is 0 Å². The molecule has 0 amide bonds. The fourth-order valence-electron chi connectivity index (χ4n) is 1.42. The number of aromatic nitrogens is 4. The van der Waals surface area contributed by atoms with Gasteiger partial charge in [0.15, 0.2) is 5.01 Å². The summed E-state index contributed by atoms with van der Waals surface area (Å²) in [4.78, 5) is 9.43. The molecule has 90 valence electrons. The van der Waals surface area contributed by atoms with Gasteiger partial charge in [0.1, 0.15) is 5.01 Å². The zero-order valence-corrected chi connectivity index (χ0v) is 11.1. The summed E-state index contributed by atoms with van der Waals surface area (Å²) in [6.07, 6.45) is 5.36. The van der Waals surface area contributed by atoms with Crippen molar-refractivity contribution in [3.8, 4) is 20.5 Å². The Morgan fingerprint density at radius 2 is 1.89 bits per heavy atom. The molecule has 0 aliphatic heterocycles. The molecule has 0 aromatic carbocycles. The fourth-order valence-corrected chi connectivity index (χ4v) is 3.08. The third kappa shape index (κ3) is 2.09. The Morgan fingerprint density at radius 3 is 2.61 bits per heavy atom. The summed E-state index contributed by atoms with van der Waals surface area (Å²) < 4.78 is 0. The molecule has 18 heavy (non-hydrogen) atoms. The van der Waals surface area contributed by atoms with Crippen LogP contribution in [0.25, 0.3) is 20.5 Å². The number of hydrogen-bond donors (Lipinski definition) is 1. The molecule has 3 heterocycles. The largest absolute Gasteiger partial charge is 0.363 e. The van der Waals surface area contributed by atoms with Crippen LogP contribution in [-0.4, -0.2) is 27.2 Å². The van der Waals surface area contributed by atoms with Crippen LogP contribution in [-0.2, 0) is 0 Å². The van der Waals surface area contributed by atoms with Crippen LogP contribution in [0.1, 0.15) is 0 Å². The van der Waals surface area contributed by atoms with Crippen molar-refractivity contribution >= 4 is 27.8 Å². The summed E-state index contributed by atoms with van der Waals surface area (Å²) in [5, 5.41) is 13.8. The lowest BCUT2D eigenvalue weighted by Gasteiger charge is -1.92. The zero-order valence-electron chi connectivity index (χ0n) is 9.49. The van der Waals surface area contributed by atoms with Gasteiger partial charge in [0.25, 0.3) is 0 Å². The van der Waals surface area contributed by atoms with Gasteiger partial charge in [0, 0.05) is 31.2 Å². The number of thiazole rings is 1. The first kappa shape index (κ1) is 11.2. The SMILES string of the molecule is CNc1nnc(-c2cnc(-c3ccncc3)s2)s1. The summed E-state index contributed by atoms with van der Waals surface area (Å²) in [7, 11) is 1.83. The second-order valence-corrected chi connectivity index (χ2v) is 5.44. The van der Waals surface area contributed by atoms with Crippen LogP contribution in [0.4, 0.5) is 5.13 Å². The summed E-state index contributed by atoms with van der Waals surface area (Å²) in [5.74, 6) is 0. The van der Waals surface area contributed by atoms with E-state index < -0.39 is 0 Å². The van der Waals surface area contributed by atoms with E-state index in [9.17, 15) is 0 Å². The van der Waals surface area contributed by atoms with Crippen LogP contribution in [0.15, 0.2) is 30.7 Å². The van der Waals surface area contributed by atoms with E-state index in [2.05, 4.69) is 25.5 Å². The number of nitrogens with zero attached hydrogens (tertiary/aromatic N) is 4. The molecular weight excluding hydrogens is 266 g/mol. The van der Waals surface area contributed by atoms with Crippen molar-refractivity contribution in [1.29, 1.82) is 0 Å². The first-order valence-corrected chi connectivity index (χ1v) is 6.88. The molecule has 0 saturated carbocycles. The van der Waals surface area contributed by atoms with Gasteiger partial charge in [0.05, 0.1) is 4.88 Å². The second-order valence-electron chi connectivity index (χ2n) is 3.43. The average molecular weight is 275 g/mol. The van der Waals surface area contributed by atoms with Crippen LogP contribution in [0.3, 0.4) is 0 Å². The maximum Gasteiger partial charge on any atom is 0.205 e. The first-order chi connectivity index (χ1) is 8.86. The summed E-state index contributed by atoms with van der Waals surface area (Å²) >= 11 is 3.12. The lowest BCUT2D eigenvalue weighted by atomic mass is 10.3. The minimum absolute atomic E-state index is 0.809. The number of hydrogen-bond acceptors (Lipinski definition) is 7. The highest BCUT2D eigenvalue weighted by molar-refractivity contribution is 7.24. The van der Waals surface area contributed by atoms with Crippen LogP contribution in [0, 0.1) is 0 Å². The van der Waals surface area contributed by atoms with Gasteiger partial charge in [-0.05, 0) is 12.1 Å². The smallest absolute Gasteiger partial charge is 0.205 e. The Labute approximate surface area is 112 Å². The molecule has 0 saturated heterocycles. The van der Waals surface area contributed by atoms with Gasteiger partial charge in [-0.1, -0.05) is 11.3 Å². The molecule has 7 heteroatoms. The van der Waals surface area contributed by atoms with Crippen LogP contribution < -0.4 is 5.32 Å². The highest BCUT2D eigenvalue weighted by Crippen LogP contribution is 2.34. The topological polar surface area (TPSA) is 63.6 Å². The van der Waals surface area contributed by atoms with Gasteiger partial charge in [-0.25, -0.2) is 4.98 Å². The Bertz CT molecular complexity index is 646. The molecule has 0 aliphatic rings. The maximum atomic E-state index is 4.41. The number of nitrogens with one attached hydrogen (secondary N) is 1. The molecule has 3 aromatic rings. The summed E-state index contributed by atoms with van der Waals surface area (Å²) in [6, 6.07) is 3.89. The van der Waals surface area contributed by atoms with Gasteiger partial charge in [-0.3, -0.25) is 4.98 Å². The standard InChI is InChI=1S/C11H9N5S2/c1-12-11-16-15-10(18-11)8-6-14-9(17-8)7-2-4-13-5-3-7/h2-6H,1H3,(H,12,16). The molecule has 0 aliphatic carbocycles. The van der Waals surface area contributed by atoms with Gasteiger partial charge in [-0.15, -0.1) is 21.5 Å². The van der Waals surface area contributed by atoms with Gasteiger partial charge in [-0.2, -0.15) is 0 Å². The normalized spacial score (nSPS) is 10.5. The zero-order chi connectivity index (χ0) is 12.4. The predicted octanol–water partition coefficient (Wildman–Crippen LogP) is 2.77. The van der Waals surface area contributed by atoms with Crippen molar-refractivity contribution in [3.05, 3.63) is 30.7 Å². The Hall–Kier alpha value is -1.86. The molecule has 0 atom stereocenters. The van der Waals surface area contributed by atoms with E-state index in [1.165, 1.54) is 11.3 Å². The quantitative estimate of drug-likeness (QED) is 0.796. The minimum atomic E-state index is 0.809. The van der Waals surface area contributed by atoms with E-state index in [-0.39, 0.29) is 0 Å². The van der Waals surface area contributed by atoms with E-state index in [1.54, 1.807) is 23.7 Å². The van der Waals surface area contributed by atoms with Gasteiger partial charge in [0.2, 0.25) is 5.13 Å². The highest BCUT2D eigenvalue weighted by atomic mass is 32.1. The third-order valence-electron chi connectivity index (χ3n) is 2.28. The average Bonchev–Trinajstić information content (AvgIpc) is 3.08. The Balaban J connectivity index is 1.94. The van der Waals surface area contributed by atoms with Crippen LogP contribution in [0.5, 0.6) is 0 Å². The van der Waals surface area contributed by atoms with Crippen LogP contribution in [0.2, 0.25) is 0 Å². The maximum absolute atomic E-state index is 4.41. The van der Waals surface area contributed by atoms with Crippen molar-refractivity contribution in [2.45, 2.75) is 0 Å².